The Kier molecular flexibility index (Phi) is 7.58. The van der Waals surface area contributed by atoms with E-state index in [1.165, 1.54) is 0 Å². The summed E-state index contributed by atoms with van der Waals surface area (Å²) in [5.74, 6) is 0.100. The van der Waals surface area contributed by atoms with Crippen molar-refractivity contribution in [3.8, 4) is 11.5 Å². The molecule has 0 spiro atoms. The second kappa shape index (κ2) is 11.0. The van der Waals surface area contributed by atoms with Crippen LogP contribution in [0.5, 0.6) is 11.5 Å². The first kappa shape index (κ1) is 23.5. The van der Waals surface area contributed by atoms with E-state index >= 15 is 0 Å². The highest BCUT2D eigenvalue weighted by atomic mass is 16.3. The van der Waals surface area contributed by atoms with E-state index in [9.17, 15) is 19.8 Å². The molecule has 0 aromatic heterocycles. The molecule has 2 N–H and O–H groups in total. The third kappa shape index (κ3) is 5.28. The van der Waals surface area contributed by atoms with Gasteiger partial charge in [-0.25, -0.2) is 0 Å². The highest BCUT2D eigenvalue weighted by Crippen LogP contribution is 2.31. The number of benzene rings is 4. The summed E-state index contributed by atoms with van der Waals surface area (Å²) in [4.78, 5) is 25.1. The average Bonchev–Trinajstić information content (AvgIpc) is 2.86. The Bertz CT molecular complexity index is 1220. The molecule has 4 aromatic rings. The number of ketones is 2. The summed E-state index contributed by atoms with van der Waals surface area (Å²) in [6.07, 6.45) is 6.32. The van der Waals surface area contributed by atoms with Crippen LogP contribution in [0.2, 0.25) is 0 Å². The minimum absolute atomic E-state index is 0.0240. The third-order valence-corrected chi connectivity index (χ3v) is 6.46. The number of hydrogen-bond donors (Lipinski definition) is 2. The molecule has 0 bridgehead atoms. The molecule has 0 saturated carbocycles. The molecule has 174 valence electrons. The van der Waals surface area contributed by atoms with Crippen molar-refractivity contribution in [1.82, 2.24) is 0 Å². The SMILES string of the molecule is O=C(CCCCCCCCC(=O)c1ccc2ccccc2c1O)c1ccc2ccccc2c1O. The van der Waals surface area contributed by atoms with Crippen LogP contribution in [0.3, 0.4) is 0 Å². The fourth-order valence-electron chi connectivity index (χ4n) is 4.51. The first-order valence-electron chi connectivity index (χ1n) is 12.0. The van der Waals surface area contributed by atoms with E-state index < -0.39 is 0 Å². The lowest BCUT2D eigenvalue weighted by atomic mass is 9.98. The van der Waals surface area contributed by atoms with Gasteiger partial charge in [-0.3, -0.25) is 9.59 Å². The van der Waals surface area contributed by atoms with E-state index in [1.807, 2.05) is 60.7 Å². The van der Waals surface area contributed by atoms with Crippen LogP contribution >= 0.6 is 0 Å². The molecule has 0 fully saturated rings. The van der Waals surface area contributed by atoms with E-state index in [0.29, 0.717) is 34.7 Å². The molecule has 0 aliphatic carbocycles. The summed E-state index contributed by atoms with van der Waals surface area (Å²) in [6.45, 7) is 0. The van der Waals surface area contributed by atoms with Crippen molar-refractivity contribution in [2.75, 3.05) is 0 Å². The Morgan fingerprint density at radius 3 is 1.32 bits per heavy atom. The Balaban J connectivity index is 1.16. The summed E-state index contributed by atoms with van der Waals surface area (Å²) in [5.41, 5.74) is 0.795. The van der Waals surface area contributed by atoms with Gasteiger partial charge in [0.1, 0.15) is 11.5 Å². The van der Waals surface area contributed by atoms with Gasteiger partial charge in [-0.05, 0) is 35.7 Å². The monoisotopic (exact) mass is 454 g/mol. The average molecular weight is 455 g/mol. The van der Waals surface area contributed by atoms with E-state index in [2.05, 4.69) is 0 Å². The molecule has 4 aromatic carbocycles. The number of unbranched alkanes of at least 4 members (excludes halogenated alkanes) is 5. The standard InChI is InChI=1S/C30H30O4/c31-27(25-19-17-21-11-7-9-13-23(21)29(25)33)15-5-3-1-2-4-6-16-28(32)26-20-18-22-12-8-10-14-24(22)30(26)34/h7-14,17-20,33-34H,1-6,15-16H2. The number of fused-ring (bicyclic) bond motifs is 2. The molecule has 0 aliphatic heterocycles. The minimum Gasteiger partial charge on any atom is -0.507 e. The molecule has 0 radical (unpaired) electrons. The van der Waals surface area contributed by atoms with Crippen molar-refractivity contribution in [3.63, 3.8) is 0 Å². The van der Waals surface area contributed by atoms with Gasteiger partial charge in [-0.15, -0.1) is 0 Å². The van der Waals surface area contributed by atoms with Gasteiger partial charge in [0.25, 0.3) is 0 Å². The zero-order chi connectivity index (χ0) is 23.9. The summed E-state index contributed by atoms with van der Waals surface area (Å²) >= 11 is 0. The number of phenolic OH excluding ortho intramolecular Hbond substituents is 2. The zero-order valence-corrected chi connectivity index (χ0v) is 19.3. The Morgan fingerprint density at radius 1 is 0.500 bits per heavy atom. The lowest BCUT2D eigenvalue weighted by Crippen LogP contribution is -2.00. The molecule has 4 nitrogen and oxygen atoms in total. The first-order valence-corrected chi connectivity index (χ1v) is 12.0. The van der Waals surface area contributed by atoms with Gasteiger partial charge in [0, 0.05) is 23.6 Å². The Labute approximate surface area is 199 Å². The molecule has 34 heavy (non-hydrogen) atoms. The van der Waals surface area contributed by atoms with Gasteiger partial charge < -0.3 is 10.2 Å². The molecule has 0 heterocycles. The molecular formula is C30H30O4. The minimum atomic E-state index is -0.0240. The second-order valence-electron chi connectivity index (χ2n) is 8.83. The lowest BCUT2D eigenvalue weighted by Gasteiger charge is -2.08. The predicted molar refractivity (Wildman–Crippen MR) is 137 cm³/mol. The van der Waals surface area contributed by atoms with Crippen molar-refractivity contribution < 1.29 is 19.8 Å². The van der Waals surface area contributed by atoms with Gasteiger partial charge in [0.15, 0.2) is 11.6 Å². The van der Waals surface area contributed by atoms with Gasteiger partial charge in [-0.1, -0.05) is 86.3 Å². The van der Waals surface area contributed by atoms with Crippen LogP contribution < -0.4 is 0 Å². The molecule has 4 rings (SSSR count). The van der Waals surface area contributed by atoms with Crippen LogP contribution in [0.4, 0.5) is 0 Å². The number of carbonyl (C=O) groups excluding carboxylic acids is 2. The number of Topliss-reactive ketones (excluding diaryl/α,β-unsaturated/α-hetero) is 2. The molecule has 4 heteroatoms. The largest absolute Gasteiger partial charge is 0.507 e. The van der Waals surface area contributed by atoms with Crippen molar-refractivity contribution in [2.45, 2.75) is 51.4 Å². The van der Waals surface area contributed by atoms with Crippen LogP contribution in [-0.2, 0) is 0 Å². The van der Waals surface area contributed by atoms with E-state index in [1.54, 1.807) is 12.1 Å². The highest BCUT2D eigenvalue weighted by Gasteiger charge is 2.14. The third-order valence-electron chi connectivity index (χ3n) is 6.46. The number of hydrogen-bond acceptors (Lipinski definition) is 4. The molecule has 0 amide bonds. The van der Waals surface area contributed by atoms with Crippen LogP contribution in [-0.4, -0.2) is 21.8 Å². The molecular weight excluding hydrogens is 424 g/mol. The maximum atomic E-state index is 12.5. The topological polar surface area (TPSA) is 74.6 Å². The van der Waals surface area contributed by atoms with E-state index in [4.69, 9.17) is 0 Å². The number of phenols is 2. The molecule has 0 saturated heterocycles. The fourth-order valence-corrected chi connectivity index (χ4v) is 4.51. The van der Waals surface area contributed by atoms with Gasteiger partial charge in [-0.2, -0.15) is 0 Å². The smallest absolute Gasteiger partial charge is 0.166 e. The van der Waals surface area contributed by atoms with Crippen molar-refractivity contribution in [3.05, 3.63) is 83.9 Å². The summed E-state index contributed by atoms with van der Waals surface area (Å²) in [7, 11) is 0. The molecule has 0 unspecified atom stereocenters. The summed E-state index contributed by atoms with van der Waals surface area (Å²) in [5, 5.41) is 24.2. The summed E-state index contributed by atoms with van der Waals surface area (Å²) < 4.78 is 0. The van der Waals surface area contributed by atoms with Crippen LogP contribution in [0.25, 0.3) is 21.5 Å². The van der Waals surface area contributed by atoms with E-state index in [-0.39, 0.29) is 23.1 Å². The van der Waals surface area contributed by atoms with E-state index in [0.717, 1.165) is 49.3 Å². The first-order chi connectivity index (χ1) is 16.6. The number of aromatic hydroxyl groups is 2. The summed E-state index contributed by atoms with van der Waals surface area (Å²) in [6, 6.07) is 22.2. The fraction of sp³-hybridized carbons (Fsp3) is 0.267. The molecule has 0 aliphatic rings. The maximum absolute atomic E-state index is 12.5. The highest BCUT2D eigenvalue weighted by molar-refractivity contribution is 6.05. The van der Waals surface area contributed by atoms with Crippen LogP contribution in [0, 0.1) is 0 Å². The van der Waals surface area contributed by atoms with Crippen molar-refractivity contribution >= 4 is 33.1 Å². The normalized spacial score (nSPS) is 11.2. The molecule has 0 atom stereocenters. The Morgan fingerprint density at radius 2 is 0.882 bits per heavy atom. The number of rotatable bonds is 11. The van der Waals surface area contributed by atoms with Gasteiger partial charge >= 0.3 is 0 Å². The zero-order valence-electron chi connectivity index (χ0n) is 19.3. The Hall–Kier alpha value is -3.66. The lowest BCUT2D eigenvalue weighted by molar-refractivity contribution is 0.0967. The van der Waals surface area contributed by atoms with Crippen LogP contribution in [0.1, 0.15) is 72.1 Å². The van der Waals surface area contributed by atoms with Gasteiger partial charge in [0.05, 0.1) is 11.1 Å². The van der Waals surface area contributed by atoms with Crippen LogP contribution in [0.15, 0.2) is 72.8 Å². The predicted octanol–water partition coefficient (Wildman–Crippen LogP) is 7.59. The van der Waals surface area contributed by atoms with Gasteiger partial charge in [0.2, 0.25) is 0 Å². The second-order valence-corrected chi connectivity index (χ2v) is 8.83. The quantitative estimate of drug-likeness (QED) is 0.181. The maximum Gasteiger partial charge on any atom is 0.166 e. The number of carbonyl (C=O) groups is 2. The van der Waals surface area contributed by atoms with Crippen molar-refractivity contribution in [2.24, 2.45) is 0 Å². The van der Waals surface area contributed by atoms with Crippen molar-refractivity contribution in [1.29, 1.82) is 0 Å².